The summed E-state index contributed by atoms with van der Waals surface area (Å²) in [5.41, 5.74) is -0.756. The Hall–Kier alpha value is -0.780. The lowest BCUT2D eigenvalue weighted by atomic mass is 9.92. The van der Waals surface area contributed by atoms with E-state index in [1.807, 2.05) is 6.92 Å². The third kappa shape index (κ3) is 2.79. The highest BCUT2D eigenvalue weighted by molar-refractivity contribution is 5.87. The van der Waals surface area contributed by atoms with Gasteiger partial charge in [0.05, 0.1) is 5.54 Å². The van der Waals surface area contributed by atoms with E-state index in [0.29, 0.717) is 32.2 Å². The van der Waals surface area contributed by atoms with Crippen molar-refractivity contribution in [2.24, 2.45) is 0 Å². The molecule has 18 heavy (non-hydrogen) atoms. The number of halogens is 3. The molecule has 1 unspecified atom stereocenters. The predicted molar refractivity (Wildman–Crippen MR) is 61.0 cm³/mol. The molecule has 2 fully saturated rings. The molecular formula is C12H19F3N2O. The quantitative estimate of drug-likeness (QED) is 0.843. The highest BCUT2D eigenvalue weighted by Gasteiger charge is 2.48. The number of nitrogens with one attached hydrogen (secondary N) is 1. The number of rotatable bonds is 4. The number of carbonyl (C=O) groups excluding carboxylic acids is 1. The van der Waals surface area contributed by atoms with Gasteiger partial charge in [0.15, 0.2) is 0 Å². The van der Waals surface area contributed by atoms with Crippen molar-refractivity contribution in [3.8, 4) is 0 Å². The first-order valence-electron chi connectivity index (χ1n) is 6.51. The SMILES string of the molecule is CCC1(C(=O)N(CC(F)(F)F)C2CC2)CCCN1. The molecule has 1 atom stereocenters. The summed E-state index contributed by atoms with van der Waals surface area (Å²) < 4.78 is 37.7. The fourth-order valence-electron chi connectivity index (χ4n) is 2.66. The number of hydrogen-bond acceptors (Lipinski definition) is 2. The van der Waals surface area contributed by atoms with E-state index >= 15 is 0 Å². The summed E-state index contributed by atoms with van der Waals surface area (Å²) in [4.78, 5) is 13.5. The van der Waals surface area contributed by atoms with Crippen LogP contribution in [0.4, 0.5) is 13.2 Å². The van der Waals surface area contributed by atoms with E-state index in [1.165, 1.54) is 0 Å². The first-order chi connectivity index (χ1) is 8.38. The van der Waals surface area contributed by atoms with Crippen molar-refractivity contribution in [1.29, 1.82) is 0 Å². The normalized spacial score (nSPS) is 28.4. The summed E-state index contributed by atoms with van der Waals surface area (Å²) in [5, 5.41) is 3.11. The molecule has 1 aliphatic carbocycles. The Morgan fingerprint density at radius 2 is 2.11 bits per heavy atom. The van der Waals surface area contributed by atoms with Gasteiger partial charge in [0.25, 0.3) is 0 Å². The monoisotopic (exact) mass is 264 g/mol. The molecule has 0 aromatic heterocycles. The largest absolute Gasteiger partial charge is 0.406 e. The van der Waals surface area contributed by atoms with Crippen LogP contribution in [0.15, 0.2) is 0 Å². The fourth-order valence-corrected chi connectivity index (χ4v) is 2.66. The number of alkyl halides is 3. The van der Waals surface area contributed by atoms with Gasteiger partial charge in [0.2, 0.25) is 5.91 Å². The van der Waals surface area contributed by atoms with Crippen molar-refractivity contribution in [2.45, 2.75) is 56.8 Å². The zero-order chi connectivity index (χ0) is 13.4. The van der Waals surface area contributed by atoms with Crippen molar-refractivity contribution < 1.29 is 18.0 Å². The molecular weight excluding hydrogens is 245 g/mol. The minimum absolute atomic E-state index is 0.204. The van der Waals surface area contributed by atoms with Gasteiger partial charge in [0, 0.05) is 6.04 Å². The maximum Gasteiger partial charge on any atom is 0.406 e. The van der Waals surface area contributed by atoms with Crippen LogP contribution < -0.4 is 5.32 Å². The smallest absolute Gasteiger partial charge is 0.329 e. The molecule has 1 saturated heterocycles. The topological polar surface area (TPSA) is 32.3 Å². The number of carbonyl (C=O) groups is 1. The zero-order valence-electron chi connectivity index (χ0n) is 10.5. The highest BCUT2D eigenvalue weighted by Crippen LogP contribution is 2.34. The van der Waals surface area contributed by atoms with Crippen LogP contribution in [0.2, 0.25) is 0 Å². The van der Waals surface area contributed by atoms with E-state index in [4.69, 9.17) is 0 Å². The van der Waals surface area contributed by atoms with Crippen LogP contribution in [0.3, 0.4) is 0 Å². The van der Waals surface area contributed by atoms with Gasteiger partial charge < -0.3 is 10.2 Å². The minimum atomic E-state index is -4.31. The van der Waals surface area contributed by atoms with Gasteiger partial charge in [-0.1, -0.05) is 6.92 Å². The molecule has 104 valence electrons. The average Bonchev–Trinajstić information content (AvgIpc) is 3.02. The Morgan fingerprint density at radius 1 is 1.44 bits per heavy atom. The van der Waals surface area contributed by atoms with Crippen molar-refractivity contribution in [3.63, 3.8) is 0 Å². The number of amides is 1. The maximum atomic E-state index is 12.6. The average molecular weight is 264 g/mol. The molecule has 2 rings (SSSR count). The lowest BCUT2D eigenvalue weighted by Crippen LogP contribution is -2.56. The van der Waals surface area contributed by atoms with E-state index in [0.717, 1.165) is 11.3 Å². The van der Waals surface area contributed by atoms with Crippen molar-refractivity contribution in [2.75, 3.05) is 13.1 Å². The molecule has 1 aliphatic heterocycles. The first-order valence-corrected chi connectivity index (χ1v) is 6.51. The Bertz CT molecular complexity index is 320. The van der Waals surface area contributed by atoms with Gasteiger partial charge in [-0.2, -0.15) is 13.2 Å². The van der Waals surface area contributed by atoms with Crippen molar-refractivity contribution in [3.05, 3.63) is 0 Å². The van der Waals surface area contributed by atoms with Gasteiger partial charge >= 0.3 is 6.18 Å². The van der Waals surface area contributed by atoms with Crippen LogP contribution in [0.25, 0.3) is 0 Å². The van der Waals surface area contributed by atoms with E-state index in [9.17, 15) is 18.0 Å². The van der Waals surface area contributed by atoms with Crippen molar-refractivity contribution >= 4 is 5.91 Å². The van der Waals surface area contributed by atoms with Crippen LogP contribution in [-0.2, 0) is 4.79 Å². The molecule has 1 N–H and O–H groups in total. The lowest BCUT2D eigenvalue weighted by Gasteiger charge is -2.34. The molecule has 1 saturated carbocycles. The Morgan fingerprint density at radius 3 is 2.50 bits per heavy atom. The second kappa shape index (κ2) is 4.72. The van der Waals surface area contributed by atoms with Gasteiger partial charge in [-0.15, -0.1) is 0 Å². The summed E-state index contributed by atoms with van der Waals surface area (Å²) in [6.45, 7) is 1.46. The second-order valence-electron chi connectivity index (χ2n) is 5.25. The summed E-state index contributed by atoms with van der Waals surface area (Å²) in [7, 11) is 0. The predicted octanol–water partition coefficient (Wildman–Crippen LogP) is 2.07. The molecule has 0 aromatic rings. The summed E-state index contributed by atoms with van der Waals surface area (Å²) in [6.07, 6.45) is -0.880. The van der Waals surface area contributed by atoms with Gasteiger partial charge in [-0.3, -0.25) is 4.79 Å². The molecule has 3 nitrogen and oxygen atoms in total. The van der Waals surface area contributed by atoms with Gasteiger partial charge in [-0.05, 0) is 38.6 Å². The van der Waals surface area contributed by atoms with Crippen LogP contribution in [0, 0.1) is 0 Å². The van der Waals surface area contributed by atoms with Gasteiger partial charge in [-0.25, -0.2) is 0 Å². The standard InChI is InChI=1S/C12H19F3N2O/c1-2-11(6-3-7-16-11)10(18)17(9-4-5-9)8-12(13,14)15/h9,16H,2-8H2,1H3. The summed E-state index contributed by atoms with van der Waals surface area (Å²) in [5.74, 6) is -0.359. The molecule has 0 spiro atoms. The molecule has 0 bridgehead atoms. The van der Waals surface area contributed by atoms with E-state index in [-0.39, 0.29) is 11.9 Å². The van der Waals surface area contributed by atoms with Crippen LogP contribution in [0.1, 0.15) is 39.0 Å². The Labute approximate surface area is 105 Å². The Kier molecular flexibility index (Phi) is 3.58. The maximum absolute atomic E-state index is 12.6. The summed E-state index contributed by atoms with van der Waals surface area (Å²) in [6, 6.07) is -0.204. The highest BCUT2D eigenvalue weighted by atomic mass is 19.4. The van der Waals surface area contributed by atoms with Gasteiger partial charge in [0.1, 0.15) is 6.54 Å². The fraction of sp³-hybridized carbons (Fsp3) is 0.917. The Balaban J connectivity index is 2.12. The summed E-state index contributed by atoms with van der Waals surface area (Å²) >= 11 is 0. The number of hydrogen-bond donors (Lipinski definition) is 1. The molecule has 0 radical (unpaired) electrons. The molecule has 1 heterocycles. The van der Waals surface area contributed by atoms with Crippen LogP contribution >= 0.6 is 0 Å². The number of nitrogens with zero attached hydrogens (tertiary/aromatic N) is 1. The zero-order valence-corrected chi connectivity index (χ0v) is 10.5. The van der Waals surface area contributed by atoms with Crippen LogP contribution in [-0.4, -0.2) is 41.7 Å². The molecule has 2 aliphatic rings. The third-order valence-electron chi connectivity index (χ3n) is 3.85. The lowest BCUT2D eigenvalue weighted by molar-refractivity contribution is -0.166. The van der Waals surface area contributed by atoms with Crippen LogP contribution in [0.5, 0.6) is 0 Å². The second-order valence-corrected chi connectivity index (χ2v) is 5.25. The van der Waals surface area contributed by atoms with E-state index in [1.54, 1.807) is 0 Å². The minimum Gasteiger partial charge on any atom is -0.329 e. The van der Waals surface area contributed by atoms with E-state index in [2.05, 4.69) is 5.32 Å². The first kappa shape index (κ1) is 13.6. The van der Waals surface area contributed by atoms with E-state index < -0.39 is 18.3 Å². The molecule has 0 aromatic carbocycles. The third-order valence-corrected chi connectivity index (χ3v) is 3.85. The molecule has 6 heteroatoms. The van der Waals surface area contributed by atoms with Crippen molar-refractivity contribution in [1.82, 2.24) is 10.2 Å². The molecule has 1 amide bonds.